The summed E-state index contributed by atoms with van der Waals surface area (Å²) in [6.45, 7) is 0.616. The van der Waals surface area contributed by atoms with E-state index >= 15 is 0 Å². The molecule has 0 atom stereocenters. The van der Waals surface area contributed by atoms with Gasteiger partial charge in [0.05, 0.1) is 0 Å². The summed E-state index contributed by atoms with van der Waals surface area (Å²) in [6.07, 6.45) is 0. The molecule has 0 aliphatic carbocycles. The second-order valence-electron chi connectivity index (χ2n) is 6.37. The molecule has 2 aliphatic rings. The van der Waals surface area contributed by atoms with Gasteiger partial charge in [0.25, 0.3) is 0 Å². The van der Waals surface area contributed by atoms with E-state index in [1.54, 1.807) is 7.11 Å². The molecule has 0 radical (unpaired) electrons. The van der Waals surface area contributed by atoms with Crippen LogP contribution in [0.1, 0.15) is 0 Å². The molecule has 0 fully saturated rings. The minimum Gasteiger partial charge on any atom is -0.466 e. The van der Waals surface area contributed by atoms with Crippen LogP contribution in [-0.4, -0.2) is 27.5 Å². The highest BCUT2D eigenvalue weighted by atomic mass is 16.7. The van der Waals surface area contributed by atoms with Crippen molar-refractivity contribution in [1.29, 1.82) is 0 Å². The van der Waals surface area contributed by atoms with Gasteiger partial charge in [0.1, 0.15) is 5.75 Å². The van der Waals surface area contributed by atoms with Gasteiger partial charge in [-0.05, 0) is 35.4 Å². The lowest BCUT2D eigenvalue weighted by Gasteiger charge is -2.16. The van der Waals surface area contributed by atoms with Crippen LogP contribution in [0.25, 0.3) is 22.3 Å². The van der Waals surface area contributed by atoms with Gasteiger partial charge in [-0.3, -0.25) is 0 Å². The van der Waals surface area contributed by atoms with Crippen molar-refractivity contribution in [1.82, 2.24) is 0 Å². The molecule has 0 amide bonds. The Hall–Kier alpha value is -3.38. The molecule has 2 aliphatic heterocycles. The van der Waals surface area contributed by atoms with Crippen LogP contribution in [0.5, 0.6) is 28.7 Å². The number of fused-ring (bicyclic) bond motifs is 2. The van der Waals surface area contributed by atoms with Crippen LogP contribution in [0.2, 0.25) is 0 Å². The molecule has 142 valence electrons. The first-order valence-corrected chi connectivity index (χ1v) is 8.88. The Bertz CT molecular complexity index is 954. The van der Waals surface area contributed by atoms with Crippen molar-refractivity contribution in [3.63, 3.8) is 0 Å². The van der Waals surface area contributed by atoms with E-state index in [4.69, 9.17) is 28.4 Å². The van der Waals surface area contributed by atoms with Crippen molar-refractivity contribution < 1.29 is 28.4 Å². The minimum atomic E-state index is 0.138. The van der Waals surface area contributed by atoms with Gasteiger partial charge in [0.2, 0.25) is 13.6 Å². The van der Waals surface area contributed by atoms with Gasteiger partial charge < -0.3 is 28.4 Å². The van der Waals surface area contributed by atoms with Crippen LogP contribution in [0.4, 0.5) is 0 Å². The Labute approximate surface area is 162 Å². The summed E-state index contributed by atoms with van der Waals surface area (Å²) >= 11 is 0. The maximum atomic E-state index is 6.00. The van der Waals surface area contributed by atoms with Crippen LogP contribution in [0.3, 0.4) is 0 Å². The lowest BCUT2D eigenvalue weighted by Crippen LogP contribution is -2.02. The SMILES string of the molecule is COCOc1c(-c2ccc3c(c2)OCO3)cccc1-c1ccc2c(c1)OCO2. The van der Waals surface area contributed by atoms with Crippen molar-refractivity contribution in [3.05, 3.63) is 54.6 Å². The van der Waals surface area contributed by atoms with Crippen LogP contribution in [0.15, 0.2) is 54.6 Å². The number of methoxy groups -OCH3 is 1. The first-order chi connectivity index (χ1) is 13.8. The summed E-state index contributed by atoms with van der Waals surface area (Å²) in [4.78, 5) is 0. The summed E-state index contributed by atoms with van der Waals surface area (Å²) in [7, 11) is 1.60. The third-order valence-corrected chi connectivity index (χ3v) is 4.70. The first kappa shape index (κ1) is 16.8. The number of rotatable bonds is 5. The standard InChI is InChI=1S/C22H18O6/c1-23-11-28-22-16(14-5-7-18-20(9-14)26-12-24-18)3-2-4-17(22)15-6-8-19-21(10-15)27-13-25-19/h2-10H,11-13H2,1H3. The fourth-order valence-corrected chi connectivity index (χ4v) is 3.39. The second kappa shape index (κ2) is 6.98. The molecular weight excluding hydrogens is 360 g/mol. The van der Waals surface area contributed by atoms with Gasteiger partial charge in [0.15, 0.2) is 29.8 Å². The summed E-state index contributed by atoms with van der Waals surface area (Å²) in [5.41, 5.74) is 3.81. The number of benzene rings is 3. The molecule has 0 saturated heterocycles. The first-order valence-electron chi connectivity index (χ1n) is 8.88. The fourth-order valence-electron chi connectivity index (χ4n) is 3.39. The third kappa shape index (κ3) is 2.88. The molecule has 0 aromatic heterocycles. The highest BCUT2D eigenvalue weighted by molar-refractivity contribution is 5.84. The highest BCUT2D eigenvalue weighted by Crippen LogP contribution is 2.44. The molecule has 5 rings (SSSR count). The Morgan fingerprint density at radius 3 is 1.79 bits per heavy atom. The van der Waals surface area contributed by atoms with Gasteiger partial charge in [-0.2, -0.15) is 0 Å². The number of para-hydroxylation sites is 1. The van der Waals surface area contributed by atoms with Crippen LogP contribution >= 0.6 is 0 Å². The van der Waals surface area contributed by atoms with E-state index in [1.807, 2.05) is 54.6 Å². The topological polar surface area (TPSA) is 55.4 Å². The van der Waals surface area contributed by atoms with E-state index < -0.39 is 0 Å². The summed E-state index contributed by atoms with van der Waals surface area (Å²) in [6, 6.07) is 17.7. The lowest BCUT2D eigenvalue weighted by molar-refractivity contribution is 0.0519. The predicted octanol–water partition coefficient (Wildman–Crippen LogP) is 4.46. The van der Waals surface area contributed by atoms with Gasteiger partial charge in [-0.25, -0.2) is 0 Å². The third-order valence-electron chi connectivity index (χ3n) is 4.70. The molecule has 0 spiro atoms. The van der Waals surface area contributed by atoms with Crippen molar-refractivity contribution >= 4 is 0 Å². The van der Waals surface area contributed by atoms with Gasteiger partial charge in [-0.15, -0.1) is 0 Å². The van der Waals surface area contributed by atoms with E-state index in [-0.39, 0.29) is 20.4 Å². The van der Waals surface area contributed by atoms with Crippen LogP contribution in [0, 0.1) is 0 Å². The number of hydrogen-bond donors (Lipinski definition) is 0. The average molecular weight is 378 g/mol. The van der Waals surface area contributed by atoms with E-state index in [1.165, 1.54) is 0 Å². The minimum absolute atomic E-state index is 0.138. The number of hydrogen-bond acceptors (Lipinski definition) is 6. The van der Waals surface area contributed by atoms with E-state index in [2.05, 4.69) is 0 Å². The van der Waals surface area contributed by atoms with Crippen LogP contribution in [-0.2, 0) is 4.74 Å². The average Bonchev–Trinajstić information content (AvgIpc) is 3.39. The molecule has 6 heteroatoms. The largest absolute Gasteiger partial charge is 0.466 e. The Morgan fingerprint density at radius 1 is 0.714 bits per heavy atom. The maximum absolute atomic E-state index is 6.00. The fraction of sp³-hybridized carbons (Fsp3) is 0.182. The Morgan fingerprint density at radius 2 is 1.25 bits per heavy atom. The molecule has 0 N–H and O–H groups in total. The molecule has 0 bridgehead atoms. The highest BCUT2D eigenvalue weighted by Gasteiger charge is 2.20. The molecule has 6 nitrogen and oxygen atoms in total. The normalized spacial score (nSPS) is 13.6. The van der Waals surface area contributed by atoms with E-state index in [0.29, 0.717) is 0 Å². The zero-order chi connectivity index (χ0) is 18.9. The summed E-state index contributed by atoms with van der Waals surface area (Å²) in [5.74, 6) is 3.67. The molecular formula is C22H18O6. The zero-order valence-electron chi connectivity index (χ0n) is 15.3. The van der Waals surface area contributed by atoms with Gasteiger partial charge >= 0.3 is 0 Å². The number of ether oxygens (including phenoxy) is 6. The quantitative estimate of drug-likeness (QED) is 0.611. The van der Waals surface area contributed by atoms with Crippen molar-refractivity contribution in [2.45, 2.75) is 0 Å². The summed E-state index contributed by atoms with van der Waals surface area (Å²) < 4.78 is 33.1. The van der Waals surface area contributed by atoms with E-state index in [9.17, 15) is 0 Å². The van der Waals surface area contributed by atoms with Crippen LogP contribution < -0.4 is 23.7 Å². The maximum Gasteiger partial charge on any atom is 0.231 e. The molecule has 0 saturated carbocycles. The van der Waals surface area contributed by atoms with Gasteiger partial charge in [0, 0.05) is 18.2 Å². The predicted molar refractivity (Wildman–Crippen MR) is 102 cm³/mol. The smallest absolute Gasteiger partial charge is 0.231 e. The van der Waals surface area contributed by atoms with Crippen molar-refractivity contribution in [2.75, 3.05) is 27.5 Å². The lowest BCUT2D eigenvalue weighted by atomic mass is 9.96. The molecule has 28 heavy (non-hydrogen) atoms. The Balaban J connectivity index is 1.63. The molecule has 3 aromatic rings. The molecule has 0 unspecified atom stereocenters. The molecule has 3 aromatic carbocycles. The summed E-state index contributed by atoms with van der Waals surface area (Å²) in [5, 5.41) is 0. The zero-order valence-corrected chi connectivity index (χ0v) is 15.3. The van der Waals surface area contributed by atoms with Gasteiger partial charge in [-0.1, -0.05) is 30.3 Å². The van der Waals surface area contributed by atoms with Crippen molar-refractivity contribution in [3.8, 4) is 51.0 Å². The Kier molecular flexibility index (Phi) is 4.18. The molecule has 2 heterocycles. The second-order valence-corrected chi connectivity index (χ2v) is 6.37. The van der Waals surface area contributed by atoms with Crippen molar-refractivity contribution in [2.24, 2.45) is 0 Å². The van der Waals surface area contributed by atoms with E-state index in [0.717, 1.165) is 51.0 Å². The monoisotopic (exact) mass is 378 g/mol.